The second-order valence-electron chi connectivity index (χ2n) is 6.57. The largest absolute Gasteiger partial charge is 0.378 e. The van der Waals surface area contributed by atoms with Gasteiger partial charge >= 0.3 is 0 Å². The number of anilines is 1. The molecule has 6 heteroatoms. The fourth-order valence-electron chi connectivity index (χ4n) is 2.96. The first-order chi connectivity index (χ1) is 13.0. The molecule has 0 aliphatic heterocycles. The Bertz CT molecular complexity index is 946. The first kappa shape index (κ1) is 18.5. The number of hydrogen-bond acceptors (Lipinski definition) is 5. The molecule has 138 valence electrons. The minimum Gasteiger partial charge on any atom is -0.378 e. The third-order valence-corrected chi connectivity index (χ3v) is 4.52. The summed E-state index contributed by atoms with van der Waals surface area (Å²) in [4.78, 5) is 26.6. The minimum atomic E-state index is -0.383. The summed E-state index contributed by atoms with van der Waals surface area (Å²) in [6.07, 6.45) is 5.80. The molecule has 1 unspecified atom stereocenters. The van der Waals surface area contributed by atoms with Crippen molar-refractivity contribution in [3.05, 3.63) is 66.4 Å². The van der Waals surface area contributed by atoms with Crippen LogP contribution < -0.4 is 4.90 Å². The molecule has 0 saturated carbocycles. The first-order valence-corrected chi connectivity index (χ1v) is 8.87. The molecule has 0 radical (unpaired) electrons. The maximum Gasteiger partial charge on any atom is 0.207 e. The zero-order chi connectivity index (χ0) is 19.4. The lowest BCUT2D eigenvalue weighted by atomic mass is 9.93. The Kier molecular flexibility index (Phi) is 5.45. The lowest BCUT2D eigenvalue weighted by Gasteiger charge is -2.16. The fourth-order valence-corrected chi connectivity index (χ4v) is 2.96. The highest BCUT2D eigenvalue weighted by Gasteiger charge is 2.25. The number of Topliss-reactive ketones (excluding diaryl/α,β-unsaturated/α-hetero) is 1. The van der Waals surface area contributed by atoms with Crippen molar-refractivity contribution in [3.8, 4) is 11.3 Å². The number of carbonyl (C=O) groups excluding carboxylic acids is 1. The number of carbonyl (C=O) groups is 1. The molecule has 6 nitrogen and oxygen atoms in total. The quantitative estimate of drug-likeness (QED) is 0.493. The van der Waals surface area contributed by atoms with E-state index in [4.69, 9.17) is 5.41 Å². The Hall–Kier alpha value is -3.28. The fraction of sp³-hybridized carbons (Fsp3) is 0.238. The third kappa shape index (κ3) is 3.95. The van der Waals surface area contributed by atoms with E-state index in [0.717, 1.165) is 16.9 Å². The summed E-state index contributed by atoms with van der Waals surface area (Å²) in [6, 6.07) is 11.1. The molecule has 0 fully saturated rings. The number of imidazole rings is 1. The average molecular weight is 361 g/mol. The summed E-state index contributed by atoms with van der Waals surface area (Å²) in [6.45, 7) is 1.95. The van der Waals surface area contributed by atoms with Crippen LogP contribution in [0.25, 0.3) is 11.3 Å². The van der Waals surface area contributed by atoms with Gasteiger partial charge in [-0.25, -0.2) is 4.98 Å². The molecular weight excluding hydrogens is 338 g/mol. The number of ketones is 1. The SMILES string of the molecule is CCC(C(=N)C(=O)c1cccc(N(C)C)c1)c1ncc(-c2cccnc2)[nH]1. The molecular formula is C21H23N5O. The minimum absolute atomic E-state index is 0.0421. The predicted molar refractivity (Wildman–Crippen MR) is 108 cm³/mol. The summed E-state index contributed by atoms with van der Waals surface area (Å²) in [5, 5.41) is 8.48. The number of benzene rings is 1. The van der Waals surface area contributed by atoms with Gasteiger partial charge in [-0.05, 0) is 30.7 Å². The lowest BCUT2D eigenvalue weighted by molar-refractivity contribution is 0.106. The lowest BCUT2D eigenvalue weighted by Crippen LogP contribution is -2.22. The molecule has 1 aromatic carbocycles. The second kappa shape index (κ2) is 7.95. The molecule has 2 aromatic heterocycles. The van der Waals surface area contributed by atoms with Crippen molar-refractivity contribution in [1.82, 2.24) is 15.0 Å². The van der Waals surface area contributed by atoms with Crippen LogP contribution in [-0.2, 0) is 0 Å². The number of rotatable bonds is 7. The predicted octanol–water partition coefficient (Wildman–Crippen LogP) is 3.93. The molecule has 0 aliphatic carbocycles. The molecule has 3 rings (SSSR count). The summed E-state index contributed by atoms with van der Waals surface area (Å²) in [5.74, 6) is -0.0331. The van der Waals surface area contributed by atoms with Gasteiger partial charge in [-0.1, -0.05) is 19.1 Å². The van der Waals surface area contributed by atoms with Gasteiger partial charge in [0.15, 0.2) is 0 Å². The highest BCUT2D eigenvalue weighted by atomic mass is 16.1. The van der Waals surface area contributed by atoms with Gasteiger partial charge in [0.05, 0.1) is 23.5 Å². The van der Waals surface area contributed by atoms with Crippen LogP contribution in [0.1, 0.15) is 35.4 Å². The maximum atomic E-state index is 12.9. The Morgan fingerprint density at radius 2 is 2.04 bits per heavy atom. The molecule has 3 aromatic rings. The van der Waals surface area contributed by atoms with Crippen molar-refractivity contribution in [3.63, 3.8) is 0 Å². The third-order valence-electron chi connectivity index (χ3n) is 4.52. The van der Waals surface area contributed by atoms with E-state index in [0.29, 0.717) is 17.8 Å². The number of nitrogens with one attached hydrogen (secondary N) is 2. The monoisotopic (exact) mass is 361 g/mol. The van der Waals surface area contributed by atoms with E-state index in [2.05, 4.69) is 15.0 Å². The summed E-state index contributed by atoms with van der Waals surface area (Å²) < 4.78 is 0. The van der Waals surface area contributed by atoms with E-state index < -0.39 is 0 Å². The number of pyridine rings is 1. The first-order valence-electron chi connectivity index (χ1n) is 8.87. The van der Waals surface area contributed by atoms with Gasteiger partial charge in [0, 0.05) is 43.3 Å². The molecule has 0 aliphatic rings. The summed E-state index contributed by atoms with van der Waals surface area (Å²) >= 11 is 0. The molecule has 0 amide bonds. The number of nitrogens with zero attached hydrogens (tertiary/aromatic N) is 3. The van der Waals surface area contributed by atoms with Gasteiger partial charge < -0.3 is 15.3 Å². The topological polar surface area (TPSA) is 85.7 Å². The van der Waals surface area contributed by atoms with Crippen LogP contribution >= 0.6 is 0 Å². The van der Waals surface area contributed by atoms with E-state index in [1.54, 1.807) is 24.7 Å². The van der Waals surface area contributed by atoms with Crippen molar-refractivity contribution < 1.29 is 4.79 Å². The standard InChI is InChI=1S/C21H23N5O/c1-4-17(21-24-13-18(25-21)15-8-6-10-23-12-15)19(22)20(27)14-7-5-9-16(11-14)26(2)3/h5-13,17,22H,4H2,1-3H3,(H,24,25). The van der Waals surface area contributed by atoms with Gasteiger partial charge in [0.2, 0.25) is 5.78 Å². The van der Waals surface area contributed by atoms with Crippen molar-refractivity contribution in [2.45, 2.75) is 19.3 Å². The Morgan fingerprint density at radius 1 is 1.22 bits per heavy atom. The van der Waals surface area contributed by atoms with E-state index >= 15 is 0 Å². The van der Waals surface area contributed by atoms with E-state index in [-0.39, 0.29) is 17.4 Å². The highest BCUT2D eigenvalue weighted by molar-refractivity contribution is 6.46. The van der Waals surface area contributed by atoms with Crippen LogP contribution in [0.15, 0.2) is 55.0 Å². The smallest absolute Gasteiger partial charge is 0.207 e. The Balaban J connectivity index is 1.85. The molecule has 2 N–H and O–H groups in total. The van der Waals surface area contributed by atoms with Gasteiger partial charge in [0.25, 0.3) is 0 Å². The van der Waals surface area contributed by atoms with Crippen molar-refractivity contribution >= 4 is 17.2 Å². The summed E-state index contributed by atoms with van der Waals surface area (Å²) in [5.41, 5.74) is 3.23. The molecule has 0 spiro atoms. The van der Waals surface area contributed by atoms with Crippen LogP contribution in [0.5, 0.6) is 0 Å². The van der Waals surface area contributed by atoms with Crippen LogP contribution in [0.3, 0.4) is 0 Å². The maximum absolute atomic E-state index is 12.9. The Labute approximate surface area is 158 Å². The van der Waals surface area contributed by atoms with Gasteiger partial charge in [-0.2, -0.15) is 0 Å². The summed E-state index contributed by atoms with van der Waals surface area (Å²) in [7, 11) is 3.85. The van der Waals surface area contributed by atoms with Gasteiger partial charge in [-0.3, -0.25) is 9.78 Å². The van der Waals surface area contributed by atoms with E-state index in [9.17, 15) is 4.79 Å². The zero-order valence-corrected chi connectivity index (χ0v) is 15.7. The van der Waals surface area contributed by atoms with Crippen molar-refractivity contribution in [1.29, 1.82) is 5.41 Å². The molecule has 27 heavy (non-hydrogen) atoms. The highest BCUT2D eigenvalue weighted by Crippen LogP contribution is 2.24. The number of aromatic amines is 1. The molecule has 0 saturated heterocycles. The van der Waals surface area contributed by atoms with Crippen molar-refractivity contribution in [2.75, 3.05) is 19.0 Å². The second-order valence-corrected chi connectivity index (χ2v) is 6.57. The van der Waals surface area contributed by atoms with Crippen LogP contribution in [0.2, 0.25) is 0 Å². The average Bonchev–Trinajstić information content (AvgIpc) is 3.18. The van der Waals surface area contributed by atoms with Crippen molar-refractivity contribution in [2.24, 2.45) is 0 Å². The van der Waals surface area contributed by atoms with Crippen LogP contribution in [0.4, 0.5) is 5.69 Å². The van der Waals surface area contributed by atoms with E-state index in [1.165, 1.54) is 0 Å². The number of H-pyrrole nitrogens is 1. The number of aromatic nitrogens is 3. The zero-order valence-electron chi connectivity index (χ0n) is 15.7. The number of hydrogen-bond donors (Lipinski definition) is 2. The van der Waals surface area contributed by atoms with Crippen LogP contribution in [-0.4, -0.2) is 40.5 Å². The van der Waals surface area contributed by atoms with Crippen LogP contribution in [0, 0.1) is 5.41 Å². The van der Waals surface area contributed by atoms with Gasteiger partial charge in [-0.15, -0.1) is 0 Å². The van der Waals surface area contributed by atoms with Gasteiger partial charge in [0.1, 0.15) is 5.82 Å². The van der Waals surface area contributed by atoms with E-state index in [1.807, 2.05) is 56.3 Å². The Morgan fingerprint density at radius 3 is 2.70 bits per heavy atom. The molecule has 2 heterocycles. The molecule has 0 bridgehead atoms. The normalized spacial score (nSPS) is 11.8. The molecule has 1 atom stereocenters.